The molecule has 2 aromatic rings. The van der Waals surface area contributed by atoms with Crippen molar-refractivity contribution < 1.29 is 77.6 Å². The molecular formula is C47H74N6O16P2. The lowest BCUT2D eigenvalue weighted by molar-refractivity contribution is -0.150. The van der Waals surface area contributed by atoms with Gasteiger partial charge >= 0.3 is 38.4 Å². The molecule has 0 radical (unpaired) electrons. The molecule has 22 nitrogen and oxygen atoms in total. The lowest BCUT2D eigenvalue weighted by Gasteiger charge is -2.36. The predicted octanol–water partition coefficient (Wildman–Crippen LogP) is 3.57. The Morgan fingerprint density at radius 1 is 0.648 bits per heavy atom. The molecule has 3 unspecified atom stereocenters. The van der Waals surface area contributed by atoms with E-state index in [2.05, 4.69) is 26.0 Å². The molecule has 3 rings (SSSR count). The van der Waals surface area contributed by atoms with Crippen molar-refractivity contribution in [2.45, 2.75) is 74.3 Å². The van der Waals surface area contributed by atoms with E-state index in [1.165, 1.54) is 0 Å². The number of aliphatic carboxylic acids is 5. The number of carbonyl (C=O) groups is 7. The lowest BCUT2D eigenvalue weighted by atomic mass is 9.90. The molecule has 24 heteroatoms. The fourth-order valence-corrected chi connectivity index (χ4v) is 9.53. The summed E-state index contributed by atoms with van der Waals surface area (Å²) in [6, 6.07) is 6.93. The van der Waals surface area contributed by atoms with Crippen LogP contribution in [0.5, 0.6) is 5.75 Å². The van der Waals surface area contributed by atoms with Gasteiger partial charge in [0.05, 0.1) is 19.7 Å². The molecule has 0 saturated carbocycles. The van der Waals surface area contributed by atoms with Crippen molar-refractivity contribution in [3.05, 3.63) is 52.1 Å². The van der Waals surface area contributed by atoms with Crippen molar-refractivity contribution in [3.8, 4) is 16.9 Å². The first-order valence-corrected chi connectivity index (χ1v) is 25.7. The lowest BCUT2D eigenvalue weighted by Crippen LogP contribution is -2.53. The average molecular weight is 1040 g/mol. The van der Waals surface area contributed by atoms with Crippen molar-refractivity contribution in [3.63, 3.8) is 0 Å². The SMILES string of the molecule is CC.CCOPCN1CCN(CC(=O)N(CC(=O)O)CC(=O)O)CCN(C(CCCOP(O)Oc2cc(C)c(-c3c(C)cc(C)cc3C)cc2C)C(=O)O)CCN(CC(=O)N(CC(=O)O)CC(=O)O)CC1. The van der Waals surface area contributed by atoms with Gasteiger partial charge in [0, 0.05) is 74.1 Å². The first-order chi connectivity index (χ1) is 33.6. The molecule has 71 heavy (non-hydrogen) atoms. The molecule has 0 aromatic heterocycles. The minimum atomic E-state index is -2.42. The van der Waals surface area contributed by atoms with E-state index in [9.17, 15) is 64.0 Å². The number of benzene rings is 2. The van der Waals surface area contributed by atoms with Gasteiger partial charge in [0.15, 0.2) is 0 Å². The smallest absolute Gasteiger partial charge is 0.394 e. The molecule has 2 aromatic carbocycles. The summed E-state index contributed by atoms with van der Waals surface area (Å²) in [5.41, 5.74) is 7.32. The Kier molecular flexibility index (Phi) is 28.3. The molecule has 1 fully saturated rings. The van der Waals surface area contributed by atoms with E-state index in [4.69, 9.17) is 13.6 Å². The Morgan fingerprint density at radius 2 is 1.10 bits per heavy atom. The Morgan fingerprint density at radius 3 is 1.54 bits per heavy atom. The Labute approximate surface area is 419 Å². The Bertz CT molecular complexity index is 1980. The molecule has 1 aliphatic rings. The molecule has 1 heterocycles. The van der Waals surface area contributed by atoms with Crippen molar-refractivity contribution >= 4 is 59.1 Å². The van der Waals surface area contributed by atoms with Crippen molar-refractivity contribution in [1.82, 2.24) is 29.4 Å². The summed E-state index contributed by atoms with van der Waals surface area (Å²) in [4.78, 5) is 106. The van der Waals surface area contributed by atoms with Crippen LogP contribution in [0.2, 0.25) is 0 Å². The number of rotatable bonds is 26. The van der Waals surface area contributed by atoms with E-state index in [-0.39, 0.29) is 80.6 Å². The summed E-state index contributed by atoms with van der Waals surface area (Å²) in [7, 11) is -2.37. The van der Waals surface area contributed by atoms with Gasteiger partial charge < -0.3 is 53.8 Å². The summed E-state index contributed by atoms with van der Waals surface area (Å²) in [6.45, 7) is 13.3. The van der Waals surface area contributed by atoms with E-state index in [0.717, 1.165) is 38.9 Å². The maximum atomic E-state index is 13.5. The van der Waals surface area contributed by atoms with Crippen LogP contribution in [0.1, 0.15) is 61.4 Å². The van der Waals surface area contributed by atoms with E-state index in [1.807, 2.05) is 58.6 Å². The van der Waals surface area contributed by atoms with Crippen molar-refractivity contribution in [2.75, 3.05) is 111 Å². The maximum Gasteiger partial charge on any atom is 0.394 e. The van der Waals surface area contributed by atoms with Gasteiger partial charge in [-0.3, -0.25) is 53.2 Å². The zero-order valence-corrected chi connectivity index (χ0v) is 44.1. The maximum absolute atomic E-state index is 13.5. The summed E-state index contributed by atoms with van der Waals surface area (Å²) in [5, 5.41) is 48.3. The first-order valence-electron chi connectivity index (χ1n) is 23.5. The van der Waals surface area contributed by atoms with Crippen LogP contribution in [-0.2, 0) is 42.6 Å². The third-order valence-corrected chi connectivity index (χ3v) is 13.2. The molecule has 3 atom stereocenters. The van der Waals surface area contributed by atoms with E-state index < -0.39 is 82.5 Å². The molecule has 6 N–H and O–H groups in total. The highest BCUT2D eigenvalue weighted by Gasteiger charge is 2.30. The quantitative estimate of drug-likeness (QED) is 0.0580. The largest absolute Gasteiger partial charge is 0.480 e. The van der Waals surface area contributed by atoms with E-state index in [0.29, 0.717) is 41.5 Å². The highest BCUT2D eigenvalue weighted by Crippen LogP contribution is 2.40. The van der Waals surface area contributed by atoms with Crippen LogP contribution < -0.4 is 4.52 Å². The number of hydrogen-bond donors (Lipinski definition) is 6. The van der Waals surface area contributed by atoms with Gasteiger partial charge in [0.25, 0.3) is 0 Å². The highest BCUT2D eigenvalue weighted by molar-refractivity contribution is 7.41. The predicted molar refractivity (Wildman–Crippen MR) is 268 cm³/mol. The topological polar surface area (TPSA) is 288 Å². The third-order valence-electron chi connectivity index (χ3n) is 11.3. The number of aryl methyl sites for hydroxylation is 5. The second-order valence-corrected chi connectivity index (χ2v) is 18.7. The fourth-order valence-electron chi connectivity index (χ4n) is 8.03. The van der Waals surface area contributed by atoms with Gasteiger partial charge in [-0.2, -0.15) is 0 Å². The minimum Gasteiger partial charge on any atom is -0.480 e. The number of carboxylic acids is 5. The summed E-state index contributed by atoms with van der Waals surface area (Å²) in [5.74, 6) is -7.89. The molecule has 398 valence electrons. The molecule has 0 aliphatic carbocycles. The molecule has 0 spiro atoms. The molecule has 0 bridgehead atoms. The van der Waals surface area contributed by atoms with Crippen LogP contribution in [-0.4, -0.2) is 219 Å². The first kappa shape index (κ1) is 62.2. The summed E-state index contributed by atoms with van der Waals surface area (Å²) < 4.78 is 17.1. The van der Waals surface area contributed by atoms with Crippen molar-refractivity contribution in [1.29, 1.82) is 0 Å². The third kappa shape index (κ3) is 22.6. The number of hydrogen-bond acceptors (Lipinski definition) is 15. The number of carbonyl (C=O) groups excluding carboxylic acids is 2. The zero-order valence-electron chi connectivity index (χ0n) is 42.2. The zero-order chi connectivity index (χ0) is 53.4. The van der Waals surface area contributed by atoms with E-state index in [1.54, 1.807) is 14.7 Å². The minimum absolute atomic E-state index is 0.0145. The van der Waals surface area contributed by atoms with Crippen LogP contribution in [0.3, 0.4) is 0 Å². The van der Waals surface area contributed by atoms with Gasteiger partial charge in [-0.1, -0.05) is 31.5 Å². The van der Waals surface area contributed by atoms with Crippen LogP contribution in [0, 0.1) is 34.6 Å². The average Bonchev–Trinajstić information content (AvgIpc) is 3.27. The van der Waals surface area contributed by atoms with Gasteiger partial charge in [-0.15, -0.1) is 0 Å². The summed E-state index contributed by atoms with van der Waals surface area (Å²) >= 11 is 0. The van der Waals surface area contributed by atoms with Gasteiger partial charge in [0.2, 0.25) is 11.8 Å². The molecular weight excluding hydrogens is 966 g/mol. The van der Waals surface area contributed by atoms with Crippen LogP contribution in [0.25, 0.3) is 11.1 Å². The van der Waals surface area contributed by atoms with Crippen LogP contribution in [0.15, 0.2) is 24.3 Å². The fraction of sp³-hybridized carbons (Fsp3) is 0.596. The Balaban J connectivity index is 0.00000852. The molecule has 2 amide bonds. The number of amides is 2. The highest BCUT2D eigenvalue weighted by atomic mass is 31.2. The summed E-state index contributed by atoms with van der Waals surface area (Å²) in [6.07, 6.45) is 0.611. The molecule has 1 saturated heterocycles. The van der Waals surface area contributed by atoms with E-state index >= 15 is 0 Å². The van der Waals surface area contributed by atoms with Crippen molar-refractivity contribution in [2.24, 2.45) is 0 Å². The second kappa shape index (κ2) is 32.2. The Hall–Kier alpha value is -4.89. The van der Waals surface area contributed by atoms with Gasteiger partial charge in [0.1, 0.15) is 38.0 Å². The second-order valence-electron chi connectivity index (χ2n) is 16.9. The van der Waals surface area contributed by atoms with Crippen LogP contribution >= 0.6 is 17.4 Å². The monoisotopic (exact) mass is 1040 g/mol. The van der Waals surface area contributed by atoms with Crippen LogP contribution in [0.4, 0.5) is 0 Å². The van der Waals surface area contributed by atoms with Gasteiger partial charge in [-0.05, 0) is 99.9 Å². The molecule has 1 aliphatic heterocycles. The normalized spacial score (nSPS) is 15.4. The number of carboxylic acid groups (broad SMARTS) is 5. The van der Waals surface area contributed by atoms with Gasteiger partial charge in [-0.25, -0.2) is 0 Å². The number of nitrogens with zero attached hydrogens (tertiary/aromatic N) is 6. The standard InChI is InChI=1S/C45H68N6O16P2.C2H6/c1-7-65-68-29-48-12-10-46(23-38(52)50(25-40(54)55)26-41(56)57)14-16-49(17-15-47(11-13-48)24-39(53)51(27-42(58)59)28-43(60)61)36(45(62)63)9-8-18-66-69(64)67-37-22-31(3)35(21-32(37)4)44-33(5)19-30(2)20-34(44)6;1-2/h19-22,36,64,68H,7-18,23-29H2,1-6H3,(H,54,55)(H,56,57)(H,58,59)(H,60,61)(H,62,63);1-2H3.